The molecular formula is C12H17NO4. The van der Waals surface area contributed by atoms with Crippen LogP contribution in [0.2, 0.25) is 0 Å². The van der Waals surface area contributed by atoms with Gasteiger partial charge in [-0.2, -0.15) is 0 Å². The van der Waals surface area contributed by atoms with Crippen LogP contribution >= 0.6 is 0 Å². The lowest BCUT2D eigenvalue weighted by atomic mass is 10.1. The lowest BCUT2D eigenvalue weighted by Crippen LogP contribution is -2.28. The zero-order valence-electron chi connectivity index (χ0n) is 9.97. The molecule has 0 heterocycles. The Hall–Kier alpha value is -1.75. The predicted molar refractivity (Wildman–Crippen MR) is 63.0 cm³/mol. The quantitative estimate of drug-likeness (QED) is 0.816. The standard InChI is InChI=1S/C12H17NO4/c1-3-17-12(15)13-8-11(14)9-5-4-6-10(7-9)16-2/h4-7,11,14H,3,8H2,1-2H3,(H,13,15). The van der Waals surface area contributed by atoms with Crippen molar-refractivity contribution in [2.24, 2.45) is 0 Å². The Kier molecular flexibility index (Phi) is 5.29. The van der Waals surface area contributed by atoms with Crippen LogP contribution in [0.5, 0.6) is 5.75 Å². The largest absolute Gasteiger partial charge is 0.497 e. The van der Waals surface area contributed by atoms with E-state index >= 15 is 0 Å². The zero-order valence-corrected chi connectivity index (χ0v) is 9.97. The molecule has 0 fully saturated rings. The summed E-state index contributed by atoms with van der Waals surface area (Å²) in [6.45, 7) is 2.13. The summed E-state index contributed by atoms with van der Waals surface area (Å²) < 4.78 is 9.73. The van der Waals surface area contributed by atoms with Gasteiger partial charge in [-0.25, -0.2) is 4.79 Å². The van der Waals surface area contributed by atoms with Gasteiger partial charge < -0.3 is 19.9 Å². The fourth-order valence-corrected chi connectivity index (χ4v) is 1.33. The summed E-state index contributed by atoms with van der Waals surface area (Å²) >= 11 is 0. The maximum absolute atomic E-state index is 11.0. The highest BCUT2D eigenvalue weighted by molar-refractivity contribution is 5.67. The maximum Gasteiger partial charge on any atom is 0.407 e. The van der Waals surface area contributed by atoms with E-state index < -0.39 is 12.2 Å². The monoisotopic (exact) mass is 239 g/mol. The van der Waals surface area contributed by atoms with Crippen LogP contribution in [-0.4, -0.2) is 31.5 Å². The molecular weight excluding hydrogens is 222 g/mol. The minimum Gasteiger partial charge on any atom is -0.497 e. The van der Waals surface area contributed by atoms with Crippen molar-refractivity contribution in [3.05, 3.63) is 29.8 Å². The van der Waals surface area contributed by atoms with Gasteiger partial charge in [0.1, 0.15) is 5.75 Å². The van der Waals surface area contributed by atoms with Gasteiger partial charge in [0.15, 0.2) is 0 Å². The highest BCUT2D eigenvalue weighted by Crippen LogP contribution is 2.18. The van der Waals surface area contributed by atoms with Crippen molar-refractivity contribution in [1.82, 2.24) is 5.32 Å². The van der Waals surface area contributed by atoms with Crippen LogP contribution in [0.15, 0.2) is 24.3 Å². The zero-order chi connectivity index (χ0) is 12.7. The topological polar surface area (TPSA) is 67.8 Å². The first kappa shape index (κ1) is 13.3. The first-order valence-electron chi connectivity index (χ1n) is 5.40. The number of aliphatic hydroxyl groups is 1. The number of methoxy groups -OCH3 is 1. The Morgan fingerprint density at radius 1 is 1.53 bits per heavy atom. The van der Waals surface area contributed by atoms with E-state index in [4.69, 9.17) is 4.74 Å². The molecule has 5 heteroatoms. The van der Waals surface area contributed by atoms with Crippen LogP contribution in [0.25, 0.3) is 0 Å². The highest BCUT2D eigenvalue weighted by Gasteiger charge is 2.10. The molecule has 1 aromatic carbocycles. The van der Waals surface area contributed by atoms with Crippen molar-refractivity contribution in [2.75, 3.05) is 20.3 Å². The van der Waals surface area contributed by atoms with Crippen LogP contribution in [-0.2, 0) is 4.74 Å². The first-order chi connectivity index (χ1) is 8.17. The molecule has 1 rings (SSSR count). The lowest BCUT2D eigenvalue weighted by molar-refractivity contribution is 0.135. The number of carbonyl (C=O) groups excluding carboxylic acids is 1. The summed E-state index contributed by atoms with van der Waals surface area (Å²) in [6.07, 6.45) is -1.32. The second-order valence-electron chi connectivity index (χ2n) is 3.39. The Bertz CT molecular complexity index is 367. The minimum atomic E-state index is -0.783. The molecule has 5 nitrogen and oxygen atoms in total. The van der Waals surface area contributed by atoms with E-state index in [1.165, 1.54) is 0 Å². The van der Waals surface area contributed by atoms with Gasteiger partial charge >= 0.3 is 6.09 Å². The fraction of sp³-hybridized carbons (Fsp3) is 0.417. The predicted octanol–water partition coefficient (Wildman–Crippen LogP) is 1.47. The average Bonchev–Trinajstić information content (AvgIpc) is 2.36. The summed E-state index contributed by atoms with van der Waals surface area (Å²) in [5.74, 6) is 0.665. The molecule has 94 valence electrons. The highest BCUT2D eigenvalue weighted by atomic mass is 16.5. The summed E-state index contributed by atoms with van der Waals surface area (Å²) in [7, 11) is 1.56. The van der Waals surface area contributed by atoms with E-state index in [1.807, 2.05) is 0 Å². The average molecular weight is 239 g/mol. The van der Waals surface area contributed by atoms with Crippen LogP contribution in [0, 0.1) is 0 Å². The summed E-state index contributed by atoms with van der Waals surface area (Å²) in [6, 6.07) is 7.05. The van der Waals surface area contributed by atoms with Crippen LogP contribution in [0.3, 0.4) is 0 Å². The SMILES string of the molecule is CCOC(=O)NCC(O)c1cccc(OC)c1. The molecule has 0 aliphatic carbocycles. The number of carbonyl (C=O) groups is 1. The van der Waals surface area contributed by atoms with Crippen LogP contribution in [0.1, 0.15) is 18.6 Å². The summed E-state index contributed by atoms with van der Waals surface area (Å²) in [4.78, 5) is 11.0. The van der Waals surface area contributed by atoms with Gasteiger partial charge in [0, 0.05) is 0 Å². The molecule has 2 N–H and O–H groups in total. The number of benzene rings is 1. The van der Waals surface area contributed by atoms with Crippen molar-refractivity contribution in [3.8, 4) is 5.75 Å². The van der Waals surface area contributed by atoms with E-state index in [-0.39, 0.29) is 6.54 Å². The second-order valence-corrected chi connectivity index (χ2v) is 3.39. The Morgan fingerprint density at radius 2 is 2.29 bits per heavy atom. The summed E-state index contributed by atoms with van der Waals surface area (Å²) in [5, 5.41) is 12.3. The Labute approximate surface area is 100 Å². The first-order valence-corrected chi connectivity index (χ1v) is 5.40. The molecule has 0 aliphatic rings. The van der Waals surface area contributed by atoms with Crippen molar-refractivity contribution in [3.63, 3.8) is 0 Å². The smallest absolute Gasteiger partial charge is 0.407 e. The van der Waals surface area contributed by atoms with Gasteiger partial charge in [0.05, 0.1) is 26.4 Å². The molecule has 0 saturated carbocycles. The number of aliphatic hydroxyl groups excluding tert-OH is 1. The van der Waals surface area contributed by atoms with Gasteiger partial charge in [-0.15, -0.1) is 0 Å². The van der Waals surface area contributed by atoms with E-state index in [9.17, 15) is 9.90 Å². The number of alkyl carbamates (subject to hydrolysis) is 1. The molecule has 1 aromatic rings. The van der Waals surface area contributed by atoms with Crippen molar-refractivity contribution < 1.29 is 19.4 Å². The van der Waals surface area contributed by atoms with Crippen LogP contribution < -0.4 is 10.1 Å². The minimum absolute atomic E-state index is 0.103. The fourth-order valence-electron chi connectivity index (χ4n) is 1.33. The third-order valence-corrected chi connectivity index (χ3v) is 2.19. The second kappa shape index (κ2) is 6.75. The number of hydrogen-bond donors (Lipinski definition) is 2. The number of rotatable bonds is 5. The number of nitrogens with one attached hydrogen (secondary N) is 1. The van der Waals surface area contributed by atoms with E-state index in [1.54, 1.807) is 38.3 Å². The number of amides is 1. The molecule has 0 radical (unpaired) electrons. The normalized spacial score (nSPS) is 11.7. The van der Waals surface area contributed by atoms with Crippen molar-refractivity contribution in [1.29, 1.82) is 0 Å². The molecule has 0 spiro atoms. The molecule has 0 bridgehead atoms. The number of hydrogen-bond acceptors (Lipinski definition) is 4. The Balaban J connectivity index is 2.51. The van der Waals surface area contributed by atoms with E-state index in [0.29, 0.717) is 17.9 Å². The van der Waals surface area contributed by atoms with Gasteiger partial charge in [-0.1, -0.05) is 12.1 Å². The van der Waals surface area contributed by atoms with E-state index in [0.717, 1.165) is 0 Å². The molecule has 0 aliphatic heterocycles. The van der Waals surface area contributed by atoms with Gasteiger partial charge in [0.25, 0.3) is 0 Å². The molecule has 1 atom stereocenters. The molecule has 17 heavy (non-hydrogen) atoms. The number of ether oxygens (including phenoxy) is 2. The van der Waals surface area contributed by atoms with Crippen LogP contribution in [0.4, 0.5) is 4.79 Å². The summed E-state index contributed by atoms with van der Waals surface area (Å²) in [5.41, 5.74) is 0.682. The third kappa shape index (κ3) is 4.32. The lowest BCUT2D eigenvalue weighted by Gasteiger charge is -2.12. The van der Waals surface area contributed by atoms with Crippen molar-refractivity contribution >= 4 is 6.09 Å². The van der Waals surface area contributed by atoms with Crippen molar-refractivity contribution in [2.45, 2.75) is 13.0 Å². The Morgan fingerprint density at radius 3 is 2.94 bits per heavy atom. The molecule has 0 saturated heterocycles. The maximum atomic E-state index is 11.0. The molecule has 1 amide bonds. The van der Waals surface area contributed by atoms with Gasteiger partial charge in [0.2, 0.25) is 0 Å². The molecule has 1 unspecified atom stereocenters. The third-order valence-electron chi connectivity index (χ3n) is 2.19. The van der Waals surface area contributed by atoms with E-state index in [2.05, 4.69) is 10.1 Å². The molecule has 0 aromatic heterocycles. The van der Waals surface area contributed by atoms with Gasteiger partial charge in [-0.05, 0) is 24.6 Å². The van der Waals surface area contributed by atoms with Gasteiger partial charge in [-0.3, -0.25) is 0 Å².